The summed E-state index contributed by atoms with van der Waals surface area (Å²) in [6.45, 7) is 0. The van der Waals surface area contributed by atoms with Crippen molar-refractivity contribution in [2.75, 3.05) is 0 Å². The Morgan fingerprint density at radius 1 is 0.380 bits per heavy atom. The van der Waals surface area contributed by atoms with Gasteiger partial charge in [0.15, 0.2) is 23.3 Å². The van der Waals surface area contributed by atoms with Crippen molar-refractivity contribution in [2.45, 2.75) is 0 Å². The van der Waals surface area contributed by atoms with E-state index >= 15 is 0 Å². The van der Waals surface area contributed by atoms with Crippen LogP contribution in [-0.4, -0.2) is 24.9 Å². The summed E-state index contributed by atoms with van der Waals surface area (Å²) in [6, 6.07) is 51.1. The highest BCUT2D eigenvalue weighted by molar-refractivity contribution is 7.26. The van der Waals surface area contributed by atoms with Crippen LogP contribution in [0.15, 0.2) is 156 Å². The van der Waals surface area contributed by atoms with Gasteiger partial charge in [0.1, 0.15) is 11.2 Å². The van der Waals surface area contributed by atoms with Crippen LogP contribution in [-0.2, 0) is 0 Å². The molecule has 0 atom stereocenters. The molecule has 0 bridgehead atoms. The molecule has 7 heteroatoms. The van der Waals surface area contributed by atoms with Crippen LogP contribution in [0.4, 0.5) is 0 Å². The van der Waals surface area contributed by atoms with Crippen molar-refractivity contribution in [3.05, 3.63) is 152 Å². The van der Waals surface area contributed by atoms with Crippen LogP contribution in [0.1, 0.15) is 0 Å². The zero-order chi connectivity index (χ0) is 33.0. The zero-order valence-corrected chi connectivity index (χ0v) is 27.3. The van der Waals surface area contributed by atoms with E-state index in [4.69, 9.17) is 29.3 Å². The molecule has 0 fully saturated rings. The van der Waals surface area contributed by atoms with Gasteiger partial charge in [0.25, 0.3) is 0 Å². The minimum atomic E-state index is 0.604. The Hall–Kier alpha value is -6.57. The van der Waals surface area contributed by atoms with Gasteiger partial charge in [-0.05, 0) is 36.4 Å². The van der Waals surface area contributed by atoms with Crippen molar-refractivity contribution in [1.29, 1.82) is 0 Å². The summed E-state index contributed by atoms with van der Waals surface area (Å²) in [6.07, 6.45) is 0. The first-order chi connectivity index (χ1) is 24.7. The van der Waals surface area contributed by atoms with Crippen LogP contribution in [0, 0.1) is 0 Å². The average Bonchev–Trinajstić information content (AvgIpc) is 3.76. The molecule has 10 rings (SSSR count). The third-order valence-corrected chi connectivity index (χ3v) is 10.1. The van der Waals surface area contributed by atoms with E-state index in [1.165, 1.54) is 4.70 Å². The highest BCUT2D eigenvalue weighted by Crippen LogP contribution is 2.41. The number of thiophene rings is 1. The predicted octanol–water partition coefficient (Wildman–Crippen LogP) is 11.3. The smallest absolute Gasteiger partial charge is 0.164 e. The van der Waals surface area contributed by atoms with Crippen LogP contribution in [0.2, 0.25) is 0 Å². The molecule has 234 valence electrons. The number of benzene rings is 6. The lowest BCUT2D eigenvalue weighted by molar-refractivity contribution is 0.669. The standard InChI is InChI=1S/C43H25N5OS/c1-4-12-26(13-5-1)40-44-37(39-38(45-40)32-18-10-11-19-36(32)50-39)29-20-22-31-33-24-30(21-23-34(33)49-35(31)25-29)43-47-41(27-14-6-2-7-15-27)46-42(48-43)28-16-8-3-9-17-28/h1-25H. The second-order valence-corrected chi connectivity index (χ2v) is 13.2. The molecule has 6 nitrogen and oxygen atoms in total. The predicted molar refractivity (Wildman–Crippen MR) is 203 cm³/mol. The van der Waals surface area contributed by atoms with E-state index in [1.807, 2.05) is 91.0 Å². The summed E-state index contributed by atoms with van der Waals surface area (Å²) in [5, 5.41) is 3.14. The van der Waals surface area contributed by atoms with Gasteiger partial charge in [0, 0.05) is 48.7 Å². The van der Waals surface area contributed by atoms with E-state index in [2.05, 4.69) is 60.7 Å². The highest BCUT2D eigenvalue weighted by atomic mass is 32.1. The van der Waals surface area contributed by atoms with Crippen molar-refractivity contribution in [1.82, 2.24) is 24.9 Å². The van der Waals surface area contributed by atoms with Crippen molar-refractivity contribution in [3.8, 4) is 56.8 Å². The van der Waals surface area contributed by atoms with Crippen LogP contribution < -0.4 is 0 Å². The van der Waals surface area contributed by atoms with E-state index in [0.717, 1.165) is 71.1 Å². The second-order valence-electron chi connectivity index (χ2n) is 12.1. The second kappa shape index (κ2) is 11.5. The van der Waals surface area contributed by atoms with E-state index < -0.39 is 0 Å². The number of rotatable bonds is 5. The van der Waals surface area contributed by atoms with Gasteiger partial charge in [-0.2, -0.15) is 0 Å². The van der Waals surface area contributed by atoms with Gasteiger partial charge < -0.3 is 4.42 Å². The number of hydrogen-bond donors (Lipinski definition) is 0. The fraction of sp³-hybridized carbons (Fsp3) is 0. The van der Waals surface area contributed by atoms with Crippen molar-refractivity contribution >= 4 is 53.6 Å². The van der Waals surface area contributed by atoms with Crippen LogP contribution in [0.5, 0.6) is 0 Å². The maximum atomic E-state index is 6.48. The molecule has 0 spiro atoms. The molecule has 10 aromatic rings. The minimum absolute atomic E-state index is 0.604. The van der Waals surface area contributed by atoms with Gasteiger partial charge in [-0.25, -0.2) is 24.9 Å². The van der Waals surface area contributed by atoms with Crippen molar-refractivity contribution < 1.29 is 4.42 Å². The largest absolute Gasteiger partial charge is 0.456 e. The molecule has 0 unspecified atom stereocenters. The van der Waals surface area contributed by atoms with E-state index in [9.17, 15) is 0 Å². The maximum absolute atomic E-state index is 6.48. The fourth-order valence-electron chi connectivity index (χ4n) is 6.50. The molecule has 0 amide bonds. The third-order valence-electron chi connectivity index (χ3n) is 8.95. The van der Waals surface area contributed by atoms with Crippen LogP contribution >= 0.6 is 11.3 Å². The maximum Gasteiger partial charge on any atom is 0.164 e. The van der Waals surface area contributed by atoms with Gasteiger partial charge in [0.05, 0.1) is 15.9 Å². The Morgan fingerprint density at radius 2 is 0.940 bits per heavy atom. The molecule has 4 aromatic heterocycles. The molecule has 0 saturated carbocycles. The molecule has 0 saturated heterocycles. The fourth-order valence-corrected chi connectivity index (χ4v) is 7.66. The molecule has 0 N–H and O–H groups in total. The van der Waals surface area contributed by atoms with Crippen LogP contribution in [0.3, 0.4) is 0 Å². The molecule has 0 aliphatic rings. The summed E-state index contributed by atoms with van der Waals surface area (Å²) in [7, 11) is 0. The number of furan rings is 1. The molecule has 0 radical (unpaired) electrons. The van der Waals surface area contributed by atoms with Crippen LogP contribution in [0.25, 0.3) is 99.1 Å². The molecule has 50 heavy (non-hydrogen) atoms. The minimum Gasteiger partial charge on any atom is -0.456 e. The van der Waals surface area contributed by atoms with Gasteiger partial charge in [0.2, 0.25) is 0 Å². The van der Waals surface area contributed by atoms with Gasteiger partial charge in [-0.1, -0.05) is 115 Å². The first-order valence-corrected chi connectivity index (χ1v) is 17.2. The molecular weight excluding hydrogens is 635 g/mol. The lowest BCUT2D eigenvalue weighted by atomic mass is 10.0. The molecule has 4 heterocycles. The lowest BCUT2D eigenvalue weighted by Crippen LogP contribution is -2.00. The Labute approximate surface area is 290 Å². The normalized spacial score (nSPS) is 11.6. The van der Waals surface area contributed by atoms with E-state index in [-0.39, 0.29) is 0 Å². The Balaban J connectivity index is 1.12. The number of fused-ring (bicyclic) bond motifs is 6. The third kappa shape index (κ3) is 4.83. The average molecular weight is 660 g/mol. The van der Waals surface area contributed by atoms with Gasteiger partial charge in [-0.3, -0.25) is 0 Å². The first-order valence-electron chi connectivity index (χ1n) is 16.3. The zero-order valence-electron chi connectivity index (χ0n) is 26.5. The summed E-state index contributed by atoms with van der Waals surface area (Å²) in [5.41, 5.74) is 8.15. The molecule has 0 aliphatic carbocycles. The summed E-state index contributed by atoms with van der Waals surface area (Å²) >= 11 is 1.72. The summed E-state index contributed by atoms with van der Waals surface area (Å²) in [4.78, 5) is 24.9. The topological polar surface area (TPSA) is 77.6 Å². The van der Waals surface area contributed by atoms with Gasteiger partial charge in [-0.15, -0.1) is 11.3 Å². The van der Waals surface area contributed by atoms with Crippen molar-refractivity contribution in [3.63, 3.8) is 0 Å². The number of nitrogens with zero attached hydrogens (tertiary/aromatic N) is 5. The van der Waals surface area contributed by atoms with Gasteiger partial charge >= 0.3 is 0 Å². The molecular formula is C43H25N5OS. The molecule has 0 aliphatic heterocycles. The summed E-state index contributed by atoms with van der Waals surface area (Å²) in [5.74, 6) is 2.56. The Bertz CT molecular complexity index is 2810. The lowest BCUT2D eigenvalue weighted by Gasteiger charge is -2.08. The number of hydrogen-bond acceptors (Lipinski definition) is 7. The van der Waals surface area contributed by atoms with E-state index in [0.29, 0.717) is 23.3 Å². The summed E-state index contributed by atoms with van der Waals surface area (Å²) < 4.78 is 8.73. The monoisotopic (exact) mass is 659 g/mol. The quantitative estimate of drug-likeness (QED) is 0.183. The SMILES string of the molecule is c1ccc(-c2nc(-c3ccccc3)nc(-c3ccc4oc5cc(-c6nc(-c7ccccc7)nc7c6sc6ccccc67)ccc5c4c3)n2)cc1. The van der Waals surface area contributed by atoms with E-state index in [1.54, 1.807) is 11.3 Å². The molecule has 6 aromatic carbocycles. The first kappa shape index (κ1) is 28.4. The number of aromatic nitrogens is 5. The Morgan fingerprint density at radius 3 is 1.60 bits per heavy atom. The highest BCUT2D eigenvalue weighted by Gasteiger charge is 2.19. The van der Waals surface area contributed by atoms with Crippen molar-refractivity contribution in [2.24, 2.45) is 0 Å². The Kier molecular flexibility index (Phi) is 6.57.